The second-order valence-electron chi connectivity index (χ2n) is 6.99. The fraction of sp³-hybridized carbons (Fsp3) is 0.0909. The number of carbonyl (C=O) groups is 2. The van der Waals surface area contributed by atoms with Crippen molar-refractivity contribution >= 4 is 11.9 Å². The molecule has 3 aromatic rings. The Kier molecular flexibility index (Phi) is 3.40. The molecular formula is C22H13F2NO3. The van der Waals surface area contributed by atoms with Gasteiger partial charge in [0.2, 0.25) is 5.91 Å². The molecule has 2 atom stereocenters. The highest BCUT2D eigenvalue weighted by Gasteiger charge is 2.42. The average molecular weight is 377 g/mol. The van der Waals surface area contributed by atoms with Crippen molar-refractivity contribution in [3.05, 3.63) is 94.0 Å². The Morgan fingerprint density at radius 2 is 1.61 bits per heavy atom. The van der Waals surface area contributed by atoms with E-state index in [9.17, 15) is 23.5 Å². The van der Waals surface area contributed by atoms with Crippen molar-refractivity contribution in [3.63, 3.8) is 0 Å². The monoisotopic (exact) mass is 377 g/mol. The van der Waals surface area contributed by atoms with Crippen molar-refractivity contribution in [1.29, 1.82) is 0 Å². The third-order valence-electron chi connectivity index (χ3n) is 5.46. The van der Waals surface area contributed by atoms with Gasteiger partial charge in [-0.3, -0.25) is 4.79 Å². The van der Waals surface area contributed by atoms with Crippen LogP contribution in [0.15, 0.2) is 54.6 Å². The zero-order valence-corrected chi connectivity index (χ0v) is 14.4. The number of aromatic carboxylic acids is 1. The van der Waals surface area contributed by atoms with Crippen LogP contribution in [-0.2, 0) is 4.79 Å². The summed E-state index contributed by atoms with van der Waals surface area (Å²) in [5.41, 5.74) is 4.01. The molecule has 2 aliphatic heterocycles. The van der Waals surface area contributed by atoms with E-state index in [4.69, 9.17) is 0 Å². The van der Waals surface area contributed by atoms with E-state index in [1.165, 1.54) is 24.3 Å². The highest BCUT2D eigenvalue weighted by atomic mass is 19.1. The van der Waals surface area contributed by atoms with Gasteiger partial charge < -0.3 is 10.4 Å². The van der Waals surface area contributed by atoms with Crippen molar-refractivity contribution in [2.24, 2.45) is 0 Å². The molecule has 0 aromatic heterocycles. The third kappa shape index (κ3) is 2.27. The van der Waals surface area contributed by atoms with Gasteiger partial charge in [-0.1, -0.05) is 18.2 Å². The lowest BCUT2D eigenvalue weighted by molar-refractivity contribution is -0.123. The van der Waals surface area contributed by atoms with Gasteiger partial charge in [-0.2, -0.15) is 0 Å². The van der Waals surface area contributed by atoms with E-state index < -0.39 is 23.5 Å². The molecule has 0 saturated carbocycles. The molecule has 1 aliphatic carbocycles. The summed E-state index contributed by atoms with van der Waals surface area (Å²) in [6.45, 7) is 0. The van der Waals surface area contributed by atoms with Crippen LogP contribution in [0.25, 0.3) is 11.1 Å². The number of carbonyl (C=O) groups excluding carboxylic acids is 1. The van der Waals surface area contributed by atoms with Gasteiger partial charge >= 0.3 is 5.97 Å². The van der Waals surface area contributed by atoms with E-state index in [0.717, 1.165) is 17.2 Å². The number of carboxylic acids is 1. The number of amides is 1. The molecule has 6 heteroatoms. The van der Waals surface area contributed by atoms with Crippen molar-refractivity contribution in [3.8, 4) is 11.1 Å². The van der Waals surface area contributed by atoms with Crippen LogP contribution in [0.5, 0.6) is 0 Å². The number of rotatable bonds is 2. The molecule has 0 spiro atoms. The molecule has 1 amide bonds. The summed E-state index contributed by atoms with van der Waals surface area (Å²) in [6.07, 6.45) is 0. The first-order valence-electron chi connectivity index (χ1n) is 8.71. The second kappa shape index (κ2) is 5.73. The molecule has 0 fully saturated rings. The van der Waals surface area contributed by atoms with E-state index in [-0.39, 0.29) is 23.1 Å². The lowest BCUT2D eigenvalue weighted by Crippen LogP contribution is -2.44. The zero-order valence-electron chi connectivity index (χ0n) is 14.4. The van der Waals surface area contributed by atoms with Crippen LogP contribution in [0.3, 0.4) is 0 Å². The molecular weight excluding hydrogens is 364 g/mol. The minimum Gasteiger partial charge on any atom is -0.478 e. The van der Waals surface area contributed by atoms with Gasteiger partial charge in [-0.05, 0) is 58.1 Å². The molecule has 0 radical (unpaired) electrons. The standard InChI is InChI=1S/C22H13F2NO3/c23-12-3-6-13(18(24)9-12)10-1-4-14-16(7-10)19-17-8-11(22(27)28)2-5-15(17)20(14)25-21(19)26/h1-9,19-20H,(H,25,26)(H,27,28). The minimum absolute atomic E-state index is 0.112. The fourth-order valence-electron chi connectivity index (χ4n) is 4.20. The number of nitrogens with one attached hydrogen (secondary N) is 1. The Morgan fingerprint density at radius 3 is 2.32 bits per heavy atom. The average Bonchev–Trinajstić information content (AvgIpc) is 2.67. The van der Waals surface area contributed by atoms with E-state index >= 15 is 0 Å². The van der Waals surface area contributed by atoms with Crippen LogP contribution in [0.4, 0.5) is 8.78 Å². The Balaban J connectivity index is 1.69. The Bertz CT molecular complexity index is 1190. The molecule has 3 aliphatic rings. The first-order chi connectivity index (χ1) is 13.4. The molecule has 138 valence electrons. The fourth-order valence-corrected chi connectivity index (χ4v) is 4.20. The largest absolute Gasteiger partial charge is 0.478 e. The first kappa shape index (κ1) is 16.6. The van der Waals surface area contributed by atoms with Crippen molar-refractivity contribution < 1.29 is 23.5 Å². The molecule has 28 heavy (non-hydrogen) atoms. The van der Waals surface area contributed by atoms with E-state index in [1.54, 1.807) is 18.2 Å². The summed E-state index contributed by atoms with van der Waals surface area (Å²) >= 11 is 0. The molecule has 3 aromatic carbocycles. The quantitative estimate of drug-likeness (QED) is 0.710. The van der Waals surface area contributed by atoms with Crippen molar-refractivity contribution in [2.75, 3.05) is 0 Å². The summed E-state index contributed by atoms with van der Waals surface area (Å²) in [6, 6.07) is 13.1. The SMILES string of the molecule is O=C(O)c1ccc2c(c1)C1C(=O)NC2c2ccc(-c3ccc(F)cc3F)cc21. The lowest BCUT2D eigenvalue weighted by atomic mass is 9.70. The maximum atomic E-state index is 14.2. The Hall–Kier alpha value is -3.54. The molecule has 0 saturated heterocycles. The molecule has 2 N–H and O–H groups in total. The van der Waals surface area contributed by atoms with Gasteiger partial charge in [0.05, 0.1) is 17.5 Å². The summed E-state index contributed by atoms with van der Waals surface area (Å²) in [5.74, 6) is -3.29. The minimum atomic E-state index is -1.06. The third-order valence-corrected chi connectivity index (χ3v) is 5.46. The molecule has 2 bridgehead atoms. The Labute approximate surface area is 158 Å². The number of hydrogen-bond donors (Lipinski definition) is 2. The van der Waals surface area contributed by atoms with Crippen molar-refractivity contribution in [1.82, 2.24) is 5.32 Å². The van der Waals surface area contributed by atoms with E-state index in [0.29, 0.717) is 16.7 Å². The normalized spacial score (nSPS) is 19.0. The number of benzene rings is 3. The highest BCUT2D eigenvalue weighted by Crippen LogP contribution is 2.47. The smallest absolute Gasteiger partial charge is 0.335 e. The van der Waals surface area contributed by atoms with Crippen LogP contribution < -0.4 is 5.32 Å². The first-order valence-corrected chi connectivity index (χ1v) is 8.71. The number of fused-ring (bicyclic) bond motifs is 1. The number of carboxylic acid groups (broad SMARTS) is 1. The molecule has 2 unspecified atom stereocenters. The highest BCUT2D eigenvalue weighted by molar-refractivity contribution is 5.95. The lowest BCUT2D eigenvalue weighted by Gasteiger charge is -2.40. The van der Waals surface area contributed by atoms with Crippen molar-refractivity contribution in [2.45, 2.75) is 12.0 Å². The molecule has 6 rings (SSSR count). The second-order valence-corrected chi connectivity index (χ2v) is 6.99. The van der Waals surface area contributed by atoms with Crippen LogP contribution in [0.1, 0.15) is 44.6 Å². The zero-order chi connectivity index (χ0) is 19.6. The summed E-state index contributed by atoms with van der Waals surface area (Å²) < 4.78 is 27.5. The van der Waals surface area contributed by atoms with Crippen LogP contribution in [-0.4, -0.2) is 17.0 Å². The van der Waals surface area contributed by atoms with Crippen LogP contribution in [0, 0.1) is 11.6 Å². The van der Waals surface area contributed by atoms with Gasteiger partial charge in [0.25, 0.3) is 0 Å². The maximum absolute atomic E-state index is 14.2. The summed E-state index contributed by atoms with van der Waals surface area (Å²) in [7, 11) is 0. The summed E-state index contributed by atoms with van der Waals surface area (Å²) in [5, 5.41) is 12.2. The van der Waals surface area contributed by atoms with E-state index in [2.05, 4.69) is 5.32 Å². The van der Waals surface area contributed by atoms with Crippen LogP contribution >= 0.6 is 0 Å². The van der Waals surface area contributed by atoms with Crippen LogP contribution in [0.2, 0.25) is 0 Å². The molecule has 2 heterocycles. The Morgan fingerprint density at radius 1 is 0.893 bits per heavy atom. The maximum Gasteiger partial charge on any atom is 0.335 e. The van der Waals surface area contributed by atoms with E-state index in [1.807, 2.05) is 6.07 Å². The predicted octanol–water partition coefficient (Wildman–Crippen LogP) is 3.99. The van der Waals surface area contributed by atoms with Gasteiger partial charge in [-0.25, -0.2) is 13.6 Å². The van der Waals surface area contributed by atoms with Gasteiger partial charge in [0.1, 0.15) is 11.6 Å². The van der Waals surface area contributed by atoms with Gasteiger partial charge in [-0.15, -0.1) is 0 Å². The van der Waals surface area contributed by atoms with Gasteiger partial charge in [0, 0.05) is 11.6 Å². The number of halogens is 2. The topological polar surface area (TPSA) is 66.4 Å². The summed E-state index contributed by atoms with van der Waals surface area (Å²) in [4.78, 5) is 24.0. The predicted molar refractivity (Wildman–Crippen MR) is 97.0 cm³/mol. The number of hydrogen-bond acceptors (Lipinski definition) is 2. The van der Waals surface area contributed by atoms with Gasteiger partial charge in [0.15, 0.2) is 0 Å². The molecule has 4 nitrogen and oxygen atoms in total.